The molecule has 0 bridgehead atoms. The quantitative estimate of drug-likeness (QED) is 0.680. The number of carbonyl (C=O) groups is 2. The second-order valence-corrected chi connectivity index (χ2v) is 5.93. The van der Waals surface area contributed by atoms with Gasteiger partial charge in [0.15, 0.2) is 0 Å². The summed E-state index contributed by atoms with van der Waals surface area (Å²) >= 11 is 0. The minimum atomic E-state index is -1.15. The molecule has 0 saturated heterocycles. The third-order valence-electron chi connectivity index (χ3n) is 3.95. The van der Waals surface area contributed by atoms with Crippen molar-refractivity contribution in [2.24, 2.45) is 0 Å². The van der Waals surface area contributed by atoms with Gasteiger partial charge in [0.25, 0.3) is 11.5 Å². The Labute approximate surface area is 160 Å². The largest absolute Gasteiger partial charge is 0.495 e. The van der Waals surface area contributed by atoms with Crippen LogP contribution in [0.3, 0.4) is 0 Å². The number of ether oxygens (including phenoxy) is 1. The molecule has 1 aromatic carbocycles. The maximum atomic E-state index is 12.6. The van der Waals surface area contributed by atoms with Crippen LogP contribution in [-0.4, -0.2) is 33.6 Å². The molecule has 3 aromatic rings. The molecule has 0 spiro atoms. The van der Waals surface area contributed by atoms with E-state index in [1.54, 1.807) is 37.7 Å². The normalized spacial score (nSPS) is 10.3. The molecule has 0 aliphatic heterocycles. The van der Waals surface area contributed by atoms with Gasteiger partial charge in [-0.2, -0.15) is 0 Å². The van der Waals surface area contributed by atoms with Crippen molar-refractivity contribution in [2.75, 3.05) is 12.4 Å². The van der Waals surface area contributed by atoms with E-state index in [0.29, 0.717) is 17.0 Å². The number of aliphatic carboxylic acids is 1. The number of anilines is 1. The first-order valence-corrected chi connectivity index (χ1v) is 8.29. The van der Waals surface area contributed by atoms with E-state index in [4.69, 9.17) is 9.84 Å². The van der Waals surface area contributed by atoms with E-state index in [0.717, 1.165) is 15.7 Å². The van der Waals surface area contributed by atoms with Crippen molar-refractivity contribution < 1.29 is 19.4 Å². The third kappa shape index (κ3) is 4.42. The maximum absolute atomic E-state index is 12.6. The summed E-state index contributed by atoms with van der Waals surface area (Å²) in [7, 11) is 1.55. The molecule has 142 valence electrons. The van der Waals surface area contributed by atoms with Gasteiger partial charge >= 0.3 is 5.97 Å². The highest BCUT2D eigenvalue weighted by Crippen LogP contribution is 2.23. The van der Waals surface area contributed by atoms with Gasteiger partial charge in [-0.3, -0.25) is 19.4 Å². The number of pyridine rings is 2. The number of methoxy groups -OCH3 is 1. The number of carboxylic acids is 1. The number of amides is 1. The summed E-state index contributed by atoms with van der Waals surface area (Å²) in [5, 5.41) is 11.5. The second kappa shape index (κ2) is 8.17. The Morgan fingerprint density at radius 2 is 1.96 bits per heavy atom. The molecular weight excluding hydrogens is 362 g/mol. The smallest absolute Gasteiger partial charge is 0.323 e. The zero-order valence-corrected chi connectivity index (χ0v) is 15.0. The molecule has 8 heteroatoms. The fraction of sp³-hybridized carbons (Fsp3) is 0.100. The first-order valence-electron chi connectivity index (χ1n) is 8.29. The molecule has 0 fully saturated rings. The molecule has 0 unspecified atom stereocenters. The van der Waals surface area contributed by atoms with Crippen molar-refractivity contribution in [1.29, 1.82) is 0 Å². The highest BCUT2D eigenvalue weighted by atomic mass is 16.5. The van der Waals surface area contributed by atoms with Gasteiger partial charge in [-0.25, -0.2) is 0 Å². The molecule has 0 saturated carbocycles. The summed E-state index contributed by atoms with van der Waals surface area (Å²) in [4.78, 5) is 39.2. The predicted molar refractivity (Wildman–Crippen MR) is 103 cm³/mol. The Hall–Kier alpha value is -3.94. The Balaban J connectivity index is 1.84. The molecule has 1 amide bonds. The van der Waals surface area contributed by atoms with E-state index in [1.807, 2.05) is 12.1 Å². The molecule has 0 radical (unpaired) electrons. The maximum Gasteiger partial charge on any atom is 0.323 e. The summed E-state index contributed by atoms with van der Waals surface area (Å²) in [6, 6.07) is 11.4. The monoisotopic (exact) mass is 379 g/mol. The molecule has 2 N–H and O–H groups in total. The van der Waals surface area contributed by atoms with Crippen molar-refractivity contribution in [2.45, 2.75) is 6.54 Å². The lowest BCUT2D eigenvalue weighted by Crippen LogP contribution is -2.24. The van der Waals surface area contributed by atoms with Crippen LogP contribution in [0.1, 0.15) is 10.4 Å². The SMILES string of the molecule is COc1cncc(-c2cccc(C(=O)Nc3ccc(=O)n(CC(=O)O)c3)c2)c1. The molecule has 2 heterocycles. The van der Waals surface area contributed by atoms with Crippen LogP contribution >= 0.6 is 0 Å². The van der Waals surface area contributed by atoms with Gasteiger partial charge in [-0.1, -0.05) is 12.1 Å². The van der Waals surface area contributed by atoms with Crippen molar-refractivity contribution in [1.82, 2.24) is 9.55 Å². The number of aromatic nitrogens is 2. The fourth-order valence-electron chi connectivity index (χ4n) is 2.61. The van der Waals surface area contributed by atoms with Gasteiger partial charge in [0.05, 0.1) is 19.0 Å². The van der Waals surface area contributed by atoms with Crippen LogP contribution in [0, 0.1) is 0 Å². The van der Waals surface area contributed by atoms with Gasteiger partial charge in [0, 0.05) is 29.6 Å². The fourth-order valence-corrected chi connectivity index (χ4v) is 2.61. The van der Waals surface area contributed by atoms with Crippen molar-refractivity contribution in [3.63, 3.8) is 0 Å². The standard InChI is InChI=1S/C20H17N3O5/c1-28-17-8-15(9-21-10-17)13-3-2-4-14(7-13)20(27)22-16-5-6-18(24)23(11-16)12-19(25)26/h2-11H,12H2,1H3,(H,22,27)(H,25,26). The summed E-state index contributed by atoms with van der Waals surface area (Å²) in [6.07, 6.45) is 4.55. The number of carboxylic acid groups (broad SMARTS) is 1. The van der Waals surface area contributed by atoms with Gasteiger partial charge in [0.1, 0.15) is 12.3 Å². The van der Waals surface area contributed by atoms with E-state index < -0.39 is 24.0 Å². The van der Waals surface area contributed by atoms with E-state index in [1.165, 1.54) is 18.3 Å². The number of benzene rings is 1. The lowest BCUT2D eigenvalue weighted by molar-refractivity contribution is -0.137. The average molecular weight is 379 g/mol. The molecule has 0 atom stereocenters. The molecule has 0 aliphatic rings. The predicted octanol–water partition coefficient (Wildman–Crippen LogP) is 2.26. The Morgan fingerprint density at radius 3 is 2.71 bits per heavy atom. The van der Waals surface area contributed by atoms with Crippen LogP contribution in [-0.2, 0) is 11.3 Å². The molecular formula is C20H17N3O5. The average Bonchev–Trinajstić information content (AvgIpc) is 2.70. The minimum Gasteiger partial charge on any atom is -0.495 e. The van der Waals surface area contributed by atoms with Gasteiger partial charge in [-0.05, 0) is 29.8 Å². The van der Waals surface area contributed by atoms with Crippen LogP contribution in [0.25, 0.3) is 11.1 Å². The summed E-state index contributed by atoms with van der Waals surface area (Å²) in [5.74, 6) is -0.934. The first-order chi connectivity index (χ1) is 13.5. The third-order valence-corrected chi connectivity index (χ3v) is 3.95. The summed E-state index contributed by atoms with van der Waals surface area (Å²) in [5.41, 5.74) is 1.84. The highest BCUT2D eigenvalue weighted by molar-refractivity contribution is 6.04. The van der Waals surface area contributed by atoms with Crippen LogP contribution in [0.15, 0.2) is 65.8 Å². The van der Waals surface area contributed by atoms with Crippen molar-refractivity contribution in [3.05, 3.63) is 77.0 Å². The Morgan fingerprint density at radius 1 is 1.14 bits per heavy atom. The molecule has 0 aliphatic carbocycles. The lowest BCUT2D eigenvalue weighted by Gasteiger charge is -2.09. The molecule has 2 aromatic heterocycles. The Kier molecular flexibility index (Phi) is 5.50. The molecule has 3 rings (SSSR count). The van der Waals surface area contributed by atoms with Gasteiger partial charge < -0.3 is 19.7 Å². The zero-order valence-electron chi connectivity index (χ0n) is 15.0. The number of hydrogen-bond donors (Lipinski definition) is 2. The van der Waals surface area contributed by atoms with Crippen LogP contribution < -0.4 is 15.6 Å². The summed E-state index contributed by atoms with van der Waals surface area (Å²) in [6.45, 7) is -0.485. The van der Waals surface area contributed by atoms with Gasteiger partial charge in [-0.15, -0.1) is 0 Å². The van der Waals surface area contributed by atoms with E-state index >= 15 is 0 Å². The highest BCUT2D eigenvalue weighted by Gasteiger charge is 2.10. The van der Waals surface area contributed by atoms with Crippen LogP contribution in [0.5, 0.6) is 5.75 Å². The summed E-state index contributed by atoms with van der Waals surface area (Å²) < 4.78 is 6.18. The first kappa shape index (κ1) is 18.8. The second-order valence-electron chi connectivity index (χ2n) is 5.93. The van der Waals surface area contributed by atoms with Crippen molar-refractivity contribution in [3.8, 4) is 16.9 Å². The number of carbonyl (C=O) groups excluding carboxylic acids is 1. The number of rotatable bonds is 6. The van der Waals surface area contributed by atoms with Crippen molar-refractivity contribution >= 4 is 17.6 Å². The lowest BCUT2D eigenvalue weighted by atomic mass is 10.0. The Bertz CT molecular complexity index is 1090. The number of nitrogens with zero attached hydrogens (tertiary/aromatic N) is 2. The molecule has 8 nitrogen and oxygen atoms in total. The van der Waals surface area contributed by atoms with Crippen LogP contribution in [0.4, 0.5) is 5.69 Å². The number of hydrogen-bond acceptors (Lipinski definition) is 5. The number of nitrogens with one attached hydrogen (secondary N) is 1. The van der Waals surface area contributed by atoms with E-state index in [9.17, 15) is 14.4 Å². The zero-order chi connectivity index (χ0) is 20.1. The van der Waals surface area contributed by atoms with E-state index in [-0.39, 0.29) is 0 Å². The van der Waals surface area contributed by atoms with Crippen LogP contribution in [0.2, 0.25) is 0 Å². The molecule has 28 heavy (non-hydrogen) atoms. The topological polar surface area (TPSA) is 111 Å². The minimum absolute atomic E-state index is 0.319. The van der Waals surface area contributed by atoms with Gasteiger partial charge in [0.2, 0.25) is 0 Å². The van der Waals surface area contributed by atoms with E-state index in [2.05, 4.69) is 10.3 Å².